The van der Waals surface area contributed by atoms with E-state index >= 15 is 0 Å². The van der Waals surface area contributed by atoms with E-state index < -0.39 is 5.97 Å². The van der Waals surface area contributed by atoms with Crippen LogP contribution < -0.4 is 0 Å². The summed E-state index contributed by atoms with van der Waals surface area (Å²) in [5, 5.41) is 0. The summed E-state index contributed by atoms with van der Waals surface area (Å²) in [6.07, 6.45) is 1.64. The number of hydrogen-bond acceptors (Lipinski definition) is 6. The van der Waals surface area contributed by atoms with Crippen LogP contribution in [-0.2, 0) is 14.3 Å². The molecule has 0 saturated carbocycles. The fourth-order valence-electron chi connectivity index (χ4n) is 3.37. The molecule has 2 heterocycles. The van der Waals surface area contributed by atoms with E-state index in [1.165, 1.54) is 7.11 Å². The third-order valence-electron chi connectivity index (χ3n) is 4.60. The summed E-state index contributed by atoms with van der Waals surface area (Å²) in [6.45, 7) is 7.13. The molecule has 138 valence electrons. The summed E-state index contributed by atoms with van der Waals surface area (Å²) in [6, 6.07) is 0. The van der Waals surface area contributed by atoms with Gasteiger partial charge in [-0.15, -0.1) is 0 Å². The van der Waals surface area contributed by atoms with Crippen LogP contribution in [0.25, 0.3) is 0 Å². The minimum absolute atomic E-state index is 0.0970. The fraction of sp³-hybridized carbons (Fsp3) is 0.611. The normalized spacial score (nSPS) is 18.0. The highest BCUT2D eigenvalue weighted by Crippen LogP contribution is 2.22. The van der Waals surface area contributed by atoms with Gasteiger partial charge in [-0.25, -0.2) is 4.79 Å². The molecule has 0 bridgehead atoms. The van der Waals surface area contributed by atoms with E-state index in [4.69, 9.17) is 9.47 Å². The molecule has 1 atom stereocenters. The Bertz CT molecular complexity index is 665. The van der Waals surface area contributed by atoms with Crippen molar-refractivity contribution in [3.05, 3.63) is 22.5 Å². The van der Waals surface area contributed by atoms with Crippen LogP contribution in [0.1, 0.15) is 51.9 Å². The Kier molecular flexibility index (Phi) is 6.36. The van der Waals surface area contributed by atoms with Crippen LogP contribution in [0.4, 0.5) is 0 Å². The van der Waals surface area contributed by atoms with Crippen LogP contribution in [0, 0.1) is 19.8 Å². The molecular weight excluding hydrogens is 324 g/mol. The first-order valence-electron chi connectivity index (χ1n) is 8.58. The van der Waals surface area contributed by atoms with E-state index in [9.17, 15) is 14.4 Å². The molecule has 0 aromatic carbocycles. The molecule has 1 aromatic heterocycles. The van der Waals surface area contributed by atoms with Crippen molar-refractivity contribution in [1.82, 2.24) is 9.88 Å². The molecule has 7 nitrogen and oxygen atoms in total. The molecular formula is C18H26N2O5. The predicted molar refractivity (Wildman–Crippen MR) is 91.7 cm³/mol. The Morgan fingerprint density at radius 2 is 2.00 bits per heavy atom. The number of aryl methyl sites for hydroxylation is 1. The summed E-state index contributed by atoms with van der Waals surface area (Å²) in [7, 11) is 1.32. The quantitative estimate of drug-likeness (QED) is 0.622. The lowest BCUT2D eigenvalue weighted by molar-refractivity contribution is -0.149. The molecule has 1 aromatic rings. The number of piperidine rings is 1. The van der Waals surface area contributed by atoms with Gasteiger partial charge in [0.1, 0.15) is 0 Å². The average molecular weight is 350 g/mol. The van der Waals surface area contributed by atoms with Gasteiger partial charge >= 0.3 is 11.9 Å². The number of nitrogens with zero attached hydrogens (tertiary/aromatic N) is 1. The molecule has 0 spiro atoms. The highest BCUT2D eigenvalue weighted by Gasteiger charge is 2.29. The maximum Gasteiger partial charge on any atom is 0.339 e. The van der Waals surface area contributed by atoms with Crippen LogP contribution in [0.2, 0.25) is 0 Å². The van der Waals surface area contributed by atoms with Crippen molar-refractivity contribution in [2.45, 2.75) is 33.6 Å². The van der Waals surface area contributed by atoms with Gasteiger partial charge in [-0.05, 0) is 45.7 Å². The standard InChI is InChI=1S/C18H26N2O5/c1-5-25-17(22)13-7-6-8-20(9-13)10-14(21)16-11(2)15(12(3)19-16)18(23)24-4/h13,19H,5-10H2,1-4H3/t13-/m0/s1. The summed E-state index contributed by atoms with van der Waals surface area (Å²) < 4.78 is 9.86. The number of rotatable bonds is 6. The van der Waals surface area contributed by atoms with Gasteiger partial charge in [0.05, 0.1) is 37.4 Å². The second kappa shape index (κ2) is 8.29. The number of carbonyl (C=O) groups is 3. The highest BCUT2D eigenvalue weighted by atomic mass is 16.5. The molecule has 7 heteroatoms. The van der Waals surface area contributed by atoms with Gasteiger partial charge < -0.3 is 14.5 Å². The first-order valence-corrected chi connectivity index (χ1v) is 8.58. The maximum atomic E-state index is 12.7. The van der Waals surface area contributed by atoms with Gasteiger partial charge in [0.25, 0.3) is 0 Å². The molecule has 1 fully saturated rings. The summed E-state index contributed by atoms with van der Waals surface area (Å²) in [4.78, 5) is 41.4. The van der Waals surface area contributed by atoms with Crippen LogP contribution in [0.5, 0.6) is 0 Å². The first-order chi connectivity index (χ1) is 11.9. The van der Waals surface area contributed by atoms with Gasteiger partial charge in [0.2, 0.25) is 0 Å². The lowest BCUT2D eigenvalue weighted by Crippen LogP contribution is -2.42. The number of aromatic amines is 1. The molecule has 25 heavy (non-hydrogen) atoms. The number of ketones is 1. The first kappa shape index (κ1) is 19.2. The van der Waals surface area contributed by atoms with Crippen LogP contribution in [0.3, 0.4) is 0 Å². The Labute approximate surface area is 147 Å². The lowest BCUT2D eigenvalue weighted by atomic mass is 9.97. The zero-order chi connectivity index (χ0) is 18.6. The molecule has 1 saturated heterocycles. The van der Waals surface area contributed by atoms with Crippen molar-refractivity contribution in [2.75, 3.05) is 33.4 Å². The summed E-state index contributed by atoms with van der Waals surface area (Å²) in [5.41, 5.74) is 2.06. The summed E-state index contributed by atoms with van der Waals surface area (Å²) in [5.74, 6) is -0.927. The average Bonchev–Trinajstić information content (AvgIpc) is 2.89. The maximum absolute atomic E-state index is 12.7. The molecule has 0 amide bonds. The molecule has 2 rings (SSSR count). The van der Waals surface area contributed by atoms with Gasteiger partial charge in [-0.1, -0.05) is 0 Å². The van der Waals surface area contributed by atoms with Crippen molar-refractivity contribution >= 4 is 17.7 Å². The molecule has 0 radical (unpaired) electrons. The van der Waals surface area contributed by atoms with E-state index in [0.29, 0.717) is 35.7 Å². The molecule has 1 aliphatic heterocycles. The van der Waals surface area contributed by atoms with E-state index in [2.05, 4.69) is 4.98 Å². The van der Waals surface area contributed by atoms with Gasteiger partial charge in [0, 0.05) is 12.2 Å². The summed E-state index contributed by atoms with van der Waals surface area (Å²) >= 11 is 0. The number of Topliss-reactive ketones (excluding diaryl/α,β-unsaturated/α-hetero) is 1. The molecule has 0 aliphatic carbocycles. The van der Waals surface area contributed by atoms with Crippen LogP contribution >= 0.6 is 0 Å². The Hall–Kier alpha value is -2.15. The third kappa shape index (κ3) is 4.28. The smallest absolute Gasteiger partial charge is 0.339 e. The Morgan fingerprint density at radius 1 is 1.28 bits per heavy atom. The van der Waals surface area contributed by atoms with Crippen molar-refractivity contribution in [2.24, 2.45) is 5.92 Å². The minimum Gasteiger partial charge on any atom is -0.466 e. The highest BCUT2D eigenvalue weighted by molar-refractivity contribution is 6.02. The Balaban J connectivity index is 2.07. The second-order valence-electron chi connectivity index (χ2n) is 6.37. The number of carbonyl (C=O) groups excluding carboxylic acids is 3. The fourth-order valence-corrected chi connectivity index (χ4v) is 3.37. The number of esters is 2. The number of aromatic nitrogens is 1. The van der Waals surface area contributed by atoms with Gasteiger partial charge in [-0.2, -0.15) is 0 Å². The van der Waals surface area contributed by atoms with Crippen molar-refractivity contribution in [3.8, 4) is 0 Å². The van der Waals surface area contributed by atoms with E-state index in [-0.39, 0.29) is 24.2 Å². The van der Waals surface area contributed by atoms with Crippen molar-refractivity contribution in [1.29, 1.82) is 0 Å². The van der Waals surface area contributed by atoms with E-state index in [1.807, 2.05) is 4.90 Å². The number of hydrogen-bond donors (Lipinski definition) is 1. The molecule has 1 aliphatic rings. The number of methoxy groups -OCH3 is 1. The van der Waals surface area contributed by atoms with Gasteiger partial charge in [-0.3, -0.25) is 14.5 Å². The SMILES string of the molecule is CCOC(=O)[C@H]1CCCN(CC(=O)c2[nH]c(C)c(C(=O)OC)c2C)C1. The largest absolute Gasteiger partial charge is 0.466 e. The van der Waals surface area contributed by atoms with E-state index in [0.717, 1.165) is 19.4 Å². The number of nitrogens with one attached hydrogen (secondary N) is 1. The van der Waals surface area contributed by atoms with E-state index in [1.54, 1.807) is 20.8 Å². The van der Waals surface area contributed by atoms with Crippen molar-refractivity contribution < 1.29 is 23.9 Å². The topological polar surface area (TPSA) is 88.7 Å². The molecule has 1 N–H and O–H groups in total. The predicted octanol–water partition coefficient (Wildman–Crippen LogP) is 1.88. The van der Waals surface area contributed by atoms with Crippen molar-refractivity contribution in [3.63, 3.8) is 0 Å². The number of likely N-dealkylation sites (tertiary alicyclic amines) is 1. The third-order valence-corrected chi connectivity index (χ3v) is 4.60. The van der Waals surface area contributed by atoms with Crippen LogP contribution in [-0.4, -0.2) is 61.0 Å². The van der Waals surface area contributed by atoms with Crippen LogP contribution in [0.15, 0.2) is 0 Å². The Morgan fingerprint density at radius 3 is 2.64 bits per heavy atom. The molecule has 0 unspecified atom stereocenters. The monoisotopic (exact) mass is 350 g/mol. The second-order valence-corrected chi connectivity index (χ2v) is 6.37. The zero-order valence-corrected chi connectivity index (χ0v) is 15.3. The number of ether oxygens (including phenoxy) is 2. The number of H-pyrrole nitrogens is 1. The minimum atomic E-state index is -0.453. The zero-order valence-electron chi connectivity index (χ0n) is 15.3. The van der Waals surface area contributed by atoms with Gasteiger partial charge in [0.15, 0.2) is 5.78 Å². The lowest BCUT2D eigenvalue weighted by Gasteiger charge is -2.30.